The zero-order chi connectivity index (χ0) is 23.2. The average Bonchev–Trinajstić information content (AvgIpc) is 2.79. The van der Waals surface area contributed by atoms with Gasteiger partial charge in [0.15, 0.2) is 0 Å². The molecule has 1 aliphatic carbocycles. The van der Waals surface area contributed by atoms with E-state index in [1.807, 2.05) is 18.2 Å². The van der Waals surface area contributed by atoms with E-state index in [0.29, 0.717) is 17.8 Å². The van der Waals surface area contributed by atoms with E-state index in [1.54, 1.807) is 17.7 Å². The van der Waals surface area contributed by atoms with Gasteiger partial charge in [0.25, 0.3) is 0 Å². The molecule has 2 aromatic rings. The normalized spacial score (nSPS) is 22.4. The minimum atomic E-state index is -0.923. The van der Waals surface area contributed by atoms with E-state index < -0.39 is 5.97 Å². The first-order valence-corrected chi connectivity index (χ1v) is 12.1. The van der Waals surface area contributed by atoms with Crippen molar-refractivity contribution in [2.75, 3.05) is 37.7 Å². The number of aromatic carboxylic acids is 1. The van der Waals surface area contributed by atoms with Gasteiger partial charge in [-0.3, -0.25) is 4.90 Å². The first kappa shape index (κ1) is 22.3. The van der Waals surface area contributed by atoms with E-state index in [2.05, 4.69) is 35.8 Å². The Hall–Kier alpha value is -2.50. The predicted octanol–water partition coefficient (Wildman–Crippen LogP) is 5.59. The van der Waals surface area contributed by atoms with Crippen LogP contribution in [0.5, 0.6) is 5.75 Å². The number of fused-ring (bicyclic) bond motifs is 3. The molecule has 1 saturated heterocycles. The molecule has 5 rings (SSSR count). The summed E-state index contributed by atoms with van der Waals surface area (Å²) < 4.78 is 6.00. The summed E-state index contributed by atoms with van der Waals surface area (Å²) in [5.74, 6) is -0.241. The van der Waals surface area contributed by atoms with Crippen LogP contribution in [0.2, 0.25) is 5.02 Å². The van der Waals surface area contributed by atoms with Gasteiger partial charge in [0.2, 0.25) is 0 Å². The van der Waals surface area contributed by atoms with Crippen molar-refractivity contribution in [3.05, 3.63) is 64.2 Å². The van der Waals surface area contributed by atoms with E-state index in [-0.39, 0.29) is 11.6 Å². The molecule has 2 aliphatic heterocycles. The number of carboxylic acid groups (broad SMARTS) is 1. The van der Waals surface area contributed by atoms with Crippen molar-refractivity contribution in [2.24, 2.45) is 5.41 Å². The summed E-state index contributed by atoms with van der Waals surface area (Å²) in [6, 6.07) is 13.8. The largest absolute Gasteiger partial charge is 0.489 e. The van der Waals surface area contributed by atoms with E-state index in [9.17, 15) is 9.90 Å². The number of carboxylic acids is 1. The Kier molecular flexibility index (Phi) is 5.87. The Bertz CT molecular complexity index is 1090. The van der Waals surface area contributed by atoms with Gasteiger partial charge in [0, 0.05) is 31.2 Å². The number of halogens is 1. The topological polar surface area (TPSA) is 53.0 Å². The van der Waals surface area contributed by atoms with Gasteiger partial charge in [-0.1, -0.05) is 43.2 Å². The summed E-state index contributed by atoms with van der Waals surface area (Å²) in [5, 5.41) is 10.1. The third-order valence-corrected chi connectivity index (χ3v) is 7.54. The summed E-state index contributed by atoms with van der Waals surface area (Å²) >= 11 is 6.14. The van der Waals surface area contributed by atoms with Crippen molar-refractivity contribution in [3.8, 4) is 5.75 Å². The second kappa shape index (κ2) is 8.69. The first-order chi connectivity index (χ1) is 15.8. The summed E-state index contributed by atoms with van der Waals surface area (Å²) in [4.78, 5) is 16.3. The van der Waals surface area contributed by atoms with Crippen LogP contribution in [0, 0.1) is 5.41 Å². The van der Waals surface area contributed by atoms with Crippen LogP contribution in [0.1, 0.15) is 49.0 Å². The standard InChI is InChI=1S/C27H31ClN2O3/c1-27(2)10-9-23(18-3-6-21(28)7-4-18)20(14-27)15-29-11-12-30-22(16-29)17-33-25-13-19(26(31)32)5-8-24(25)30/h3-8,13,22H,9-12,14-17H2,1-2H3,(H,31,32)/t22-/m1/s1. The molecule has 2 aromatic carbocycles. The molecule has 0 saturated carbocycles. The third kappa shape index (κ3) is 4.62. The van der Waals surface area contributed by atoms with Crippen molar-refractivity contribution in [1.82, 2.24) is 4.90 Å². The van der Waals surface area contributed by atoms with Crippen LogP contribution in [-0.4, -0.2) is 54.8 Å². The van der Waals surface area contributed by atoms with Crippen molar-refractivity contribution in [2.45, 2.75) is 39.2 Å². The Labute approximate surface area is 200 Å². The molecule has 174 valence electrons. The van der Waals surface area contributed by atoms with Crippen molar-refractivity contribution in [3.63, 3.8) is 0 Å². The lowest BCUT2D eigenvalue weighted by atomic mass is 9.72. The lowest BCUT2D eigenvalue weighted by Crippen LogP contribution is -2.57. The zero-order valence-corrected chi connectivity index (χ0v) is 20.1. The number of piperazine rings is 1. The van der Waals surface area contributed by atoms with Crippen LogP contribution in [0.3, 0.4) is 0 Å². The second-order valence-electron chi connectivity index (χ2n) is 10.3. The number of hydrogen-bond donors (Lipinski definition) is 1. The highest BCUT2D eigenvalue weighted by molar-refractivity contribution is 6.30. The zero-order valence-electron chi connectivity index (χ0n) is 19.3. The van der Waals surface area contributed by atoms with Crippen LogP contribution in [0.4, 0.5) is 5.69 Å². The molecular formula is C27H31ClN2O3. The van der Waals surface area contributed by atoms with E-state index in [0.717, 1.165) is 49.7 Å². The van der Waals surface area contributed by atoms with Gasteiger partial charge < -0.3 is 14.7 Å². The SMILES string of the molecule is CC1(C)CCC(c2ccc(Cl)cc2)=C(CN2CCN3c4ccc(C(=O)O)cc4OC[C@H]3C2)C1. The Balaban J connectivity index is 1.35. The van der Waals surface area contributed by atoms with Gasteiger partial charge in [0.05, 0.1) is 17.3 Å². The number of nitrogens with zero attached hydrogens (tertiary/aromatic N) is 2. The fraction of sp³-hybridized carbons (Fsp3) is 0.444. The summed E-state index contributed by atoms with van der Waals surface area (Å²) in [7, 11) is 0. The number of benzene rings is 2. The van der Waals surface area contributed by atoms with Crippen LogP contribution in [-0.2, 0) is 0 Å². The lowest BCUT2D eigenvalue weighted by molar-refractivity contribution is 0.0696. The van der Waals surface area contributed by atoms with Gasteiger partial charge in [0.1, 0.15) is 12.4 Å². The van der Waals surface area contributed by atoms with Crippen molar-refractivity contribution >= 4 is 28.8 Å². The molecule has 1 N–H and O–H groups in total. The molecule has 3 aliphatic rings. The summed E-state index contributed by atoms with van der Waals surface area (Å²) in [6.07, 6.45) is 3.43. The van der Waals surface area contributed by atoms with E-state index in [4.69, 9.17) is 16.3 Å². The quantitative estimate of drug-likeness (QED) is 0.637. The smallest absolute Gasteiger partial charge is 0.335 e. The van der Waals surface area contributed by atoms with Crippen LogP contribution in [0.15, 0.2) is 48.0 Å². The highest BCUT2D eigenvalue weighted by Crippen LogP contribution is 2.43. The van der Waals surface area contributed by atoms with Gasteiger partial charge in [-0.25, -0.2) is 4.79 Å². The minimum Gasteiger partial charge on any atom is -0.489 e. The minimum absolute atomic E-state index is 0.271. The van der Waals surface area contributed by atoms with Crippen LogP contribution < -0.4 is 9.64 Å². The highest BCUT2D eigenvalue weighted by Gasteiger charge is 2.35. The van der Waals surface area contributed by atoms with Gasteiger partial charge in [-0.15, -0.1) is 0 Å². The van der Waals surface area contributed by atoms with Crippen LogP contribution in [0.25, 0.3) is 5.57 Å². The maximum absolute atomic E-state index is 11.3. The fourth-order valence-electron chi connectivity index (χ4n) is 5.54. The first-order valence-electron chi connectivity index (χ1n) is 11.7. The lowest BCUT2D eigenvalue weighted by Gasteiger charge is -2.46. The molecule has 0 bridgehead atoms. The molecule has 5 nitrogen and oxygen atoms in total. The molecule has 0 spiro atoms. The highest BCUT2D eigenvalue weighted by atomic mass is 35.5. The third-order valence-electron chi connectivity index (χ3n) is 7.29. The van der Waals surface area contributed by atoms with Gasteiger partial charge >= 0.3 is 5.97 Å². The molecule has 0 unspecified atom stereocenters. The monoisotopic (exact) mass is 466 g/mol. The molecule has 0 aromatic heterocycles. The Morgan fingerprint density at radius 3 is 2.73 bits per heavy atom. The second-order valence-corrected chi connectivity index (χ2v) is 10.7. The van der Waals surface area contributed by atoms with E-state index in [1.165, 1.54) is 17.6 Å². The maximum Gasteiger partial charge on any atom is 0.335 e. The van der Waals surface area contributed by atoms with E-state index >= 15 is 0 Å². The summed E-state index contributed by atoms with van der Waals surface area (Å²) in [6.45, 7) is 9.16. The maximum atomic E-state index is 11.3. The molecule has 1 atom stereocenters. The molecule has 0 amide bonds. The molecule has 2 heterocycles. The Morgan fingerprint density at radius 2 is 1.97 bits per heavy atom. The molecule has 1 fully saturated rings. The molecule has 33 heavy (non-hydrogen) atoms. The Morgan fingerprint density at radius 1 is 1.18 bits per heavy atom. The number of hydrogen-bond acceptors (Lipinski definition) is 4. The molecule has 6 heteroatoms. The number of ether oxygens (including phenoxy) is 1. The summed E-state index contributed by atoms with van der Waals surface area (Å²) in [5.41, 5.74) is 5.93. The fourth-order valence-corrected chi connectivity index (χ4v) is 5.67. The predicted molar refractivity (Wildman–Crippen MR) is 132 cm³/mol. The van der Waals surface area contributed by atoms with Crippen molar-refractivity contribution in [1.29, 1.82) is 0 Å². The van der Waals surface area contributed by atoms with Gasteiger partial charge in [-0.2, -0.15) is 0 Å². The molecular weight excluding hydrogens is 436 g/mol. The van der Waals surface area contributed by atoms with Crippen LogP contribution >= 0.6 is 11.6 Å². The number of carbonyl (C=O) groups is 1. The molecule has 0 radical (unpaired) electrons. The number of rotatable bonds is 4. The average molecular weight is 467 g/mol. The van der Waals surface area contributed by atoms with Crippen molar-refractivity contribution < 1.29 is 14.6 Å². The number of allylic oxidation sites excluding steroid dienone is 1. The number of anilines is 1. The van der Waals surface area contributed by atoms with Gasteiger partial charge in [-0.05, 0) is 66.1 Å².